The van der Waals surface area contributed by atoms with E-state index in [0.717, 1.165) is 44.9 Å². The second-order valence-electron chi connectivity index (χ2n) is 8.18. The lowest BCUT2D eigenvalue weighted by Crippen LogP contribution is -2.23. The number of hydrogen-bond donors (Lipinski definition) is 3. The van der Waals surface area contributed by atoms with Crippen LogP contribution in [0.3, 0.4) is 0 Å². The van der Waals surface area contributed by atoms with Crippen LogP contribution >= 0.6 is 0 Å². The molecule has 1 aliphatic carbocycles. The molecule has 2 aromatic rings. The molecule has 8 heteroatoms. The van der Waals surface area contributed by atoms with Crippen LogP contribution in [0.1, 0.15) is 49.8 Å². The van der Waals surface area contributed by atoms with E-state index in [4.69, 9.17) is 11.5 Å². The van der Waals surface area contributed by atoms with Gasteiger partial charge in [-0.05, 0) is 75.3 Å². The fourth-order valence-corrected chi connectivity index (χ4v) is 4.18. The van der Waals surface area contributed by atoms with Crippen molar-refractivity contribution < 1.29 is 4.92 Å². The molecule has 0 amide bonds. The molecule has 8 nitrogen and oxygen atoms in total. The molecule has 1 saturated carbocycles. The molecule has 30 heavy (non-hydrogen) atoms. The number of unbranched alkanes of at least 4 members (excludes halogenated alkanes) is 1. The highest BCUT2D eigenvalue weighted by molar-refractivity contribution is 5.58. The van der Waals surface area contributed by atoms with Gasteiger partial charge in [0.2, 0.25) is 11.8 Å². The third-order valence-corrected chi connectivity index (χ3v) is 5.97. The van der Waals surface area contributed by atoms with Crippen molar-refractivity contribution >= 4 is 17.5 Å². The number of benzene rings is 1. The molecule has 162 valence electrons. The van der Waals surface area contributed by atoms with Gasteiger partial charge in [-0.2, -0.15) is 4.98 Å². The van der Waals surface area contributed by atoms with Gasteiger partial charge in [-0.25, -0.2) is 4.98 Å². The normalized spacial score (nSPS) is 18.8. The van der Waals surface area contributed by atoms with Gasteiger partial charge in [0.15, 0.2) is 0 Å². The van der Waals surface area contributed by atoms with Crippen LogP contribution in [0, 0.1) is 22.0 Å². The van der Waals surface area contributed by atoms with Crippen LogP contribution in [-0.4, -0.2) is 28.0 Å². The molecule has 0 bridgehead atoms. The predicted molar refractivity (Wildman–Crippen MR) is 119 cm³/mol. The lowest BCUT2D eigenvalue weighted by Gasteiger charge is -2.27. The summed E-state index contributed by atoms with van der Waals surface area (Å²) in [5, 5.41) is 14.7. The Bertz CT molecular complexity index is 822. The summed E-state index contributed by atoms with van der Waals surface area (Å²) in [5.74, 6) is 1.26. The van der Waals surface area contributed by atoms with Crippen molar-refractivity contribution in [1.82, 2.24) is 9.97 Å². The number of rotatable bonds is 10. The van der Waals surface area contributed by atoms with Gasteiger partial charge in [0.05, 0.1) is 4.92 Å². The average Bonchev–Trinajstić information content (AvgIpc) is 2.74. The Morgan fingerprint density at radius 2 is 1.77 bits per heavy atom. The maximum Gasteiger partial charge on any atom is 0.332 e. The first-order valence-electron chi connectivity index (χ1n) is 10.9. The van der Waals surface area contributed by atoms with Crippen LogP contribution in [0.5, 0.6) is 0 Å². The number of nitrogen functional groups attached to an aromatic ring is 1. The number of nitrogens with zero attached hydrogens (tertiary/aromatic N) is 3. The van der Waals surface area contributed by atoms with Gasteiger partial charge in [0.1, 0.15) is 5.69 Å². The van der Waals surface area contributed by atoms with Gasteiger partial charge < -0.3 is 16.8 Å². The Hall–Kier alpha value is -2.74. The first kappa shape index (κ1) is 22.0. The predicted octanol–water partition coefficient (Wildman–Crippen LogP) is 3.71. The van der Waals surface area contributed by atoms with E-state index in [2.05, 4.69) is 27.4 Å². The van der Waals surface area contributed by atoms with Crippen LogP contribution in [0.15, 0.2) is 30.3 Å². The van der Waals surface area contributed by atoms with Crippen molar-refractivity contribution in [2.75, 3.05) is 24.1 Å². The lowest BCUT2D eigenvalue weighted by molar-refractivity contribution is -0.385. The average molecular weight is 413 g/mol. The number of nitrogens with one attached hydrogen (secondary N) is 1. The molecule has 1 fully saturated rings. The maximum atomic E-state index is 11.5. The number of aromatic nitrogens is 2. The van der Waals surface area contributed by atoms with Gasteiger partial charge in [0.25, 0.3) is 0 Å². The molecule has 0 spiro atoms. The first-order valence-corrected chi connectivity index (χ1v) is 10.9. The largest absolute Gasteiger partial charge is 0.378 e. The third-order valence-electron chi connectivity index (χ3n) is 5.97. The van der Waals surface area contributed by atoms with E-state index in [1.54, 1.807) is 0 Å². The summed E-state index contributed by atoms with van der Waals surface area (Å²) in [4.78, 5) is 19.7. The van der Waals surface area contributed by atoms with Crippen molar-refractivity contribution in [2.45, 2.75) is 51.4 Å². The van der Waals surface area contributed by atoms with Gasteiger partial charge >= 0.3 is 5.69 Å². The summed E-state index contributed by atoms with van der Waals surface area (Å²) in [6.07, 6.45) is 7.75. The van der Waals surface area contributed by atoms with Gasteiger partial charge in [0, 0.05) is 6.54 Å². The zero-order chi connectivity index (χ0) is 21.3. The zero-order valence-electron chi connectivity index (χ0n) is 17.4. The van der Waals surface area contributed by atoms with E-state index in [1.807, 2.05) is 18.2 Å². The van der Waals surface area contributed by atoms with E-state index in [1.165, 1.54) is 5.56 Å². The first-order chi connectivity index (χ1) is 14.6. The molecular weight excluding hydrogens is 380 g/mol. The summed E-state index contributed by atoms with van der Waals surface area (Å²) in [5.41, 5.74) is 13.3. The van der Waals surface area contributed by atoms with Crippen LogP contribution in [0.25, 0.3) is 0 Å². The SMILES string of the molecule is NCC1CCC(Cc2nc(NCCCCc3ccccc3)nc(N)c2[N+](=O)[O-])CC1. The second kappa shape index (κ2) is 10.9. The molecule has 3 rings (SSSR count). The minimum Gasteiger partial charge on any atom is -0.378 e. The van der Waals surface area contributed by atoms with Crippen molar-refractivity contribution in [2.24, 2.45) is 17.6 Å². The lowest BCUT2D eigenvalue weighted by atomic mass is 9.80. The van der Waals surface area contributed by atoms with Crippen molar-refractivity contribution in [1.29, 1.82) is 0 Å². The summed E-state index contributed by atoms with van der Waals surface area (Å²) in [6, 6.07) is 10.4. The Balaban J connectivity index is 1.57. The van der Waals surface area contributed by atoms with E-state index in [-0.39, 0.29) is 11.5 Å². The fourth-order valence-electron chi connectivity index (χ4n) is 4.18. The fraction of sp³-hybridized carbons (Fsp3) is 0.545. The Morgan fingerprint density at radius 1 is 1.07 bits per heavy atom. The van der Waals surface area contributed by atoms with Crippen molar-refractivity contribution in [3.05, 3.63) is 51.7 Å². The summed E-state index contributed by atoms with van der Waals surface area (Å²) in [6.45, 7) is 1.41. The quantitative estimate of drug-likeness (QED) is 0.308. The van der Waals surface area contributed by atoms with Gasteiger partial charge in [-0.1, -0.05) is 30.3 Å². The van der Waals surface area contributed by atoms with Crippen LogP contribution in [0.4, 0.5) is 17.5 Å². The molecule has 0 atom stereocenters. The van der Waals surface area contributed by atoms with Gasteiger partial charge in [-0.15, -0.1) is 0 Å². The van der Waals surface area contributed by atoms with Crippen LogP contribution < -0.4 is 16.8 Å². The highest BCUT2D eigenvalue weighted by Gasteiger charge is 2.27. The maximum absolute atomic E-state index is 11.5. The van der Waals surface area contributed by atoms with E-state index >= 15 is 0 Å². The molecule has 0 unspecified atom stereocenters. The number of anilines is 2. The highest BCUT2D eigenvalue weighted by Crippen LogP contribution is 2.33. The summed E-state index contributed by atoms with van der Waals surface area (Å²) >= 11 is 0. The molecule has 0 radical (unpaired) electrons. The van der Waals surface area contributed by atoms with Crippen LogP contribution in [-0.2, 0) is 12.8 Å². The zero-order valence-corrected chi connectivity index (χ0v) is 17.4. The van der Waals surface area contributed by atoms with Crippen molar-refractivity contribution in [3.8, 4) is 0 Å². The van der Waals surface area contributed by atoms with Crippen LogP contribution in [0.2, 0.25) is 0 Å². The van der Waals surface area contributed by atoms with E-state index in [0.29, 0.717) is 43.0 Å². The number of nitrogens with two attached hydrogens (primary N) is 2. The Morgan fingerprint density at radius 3 is 2.43 bits per heavy atom. The minimum atomic E-state index is -0.459. The molecular formula is C22H32N6O2. The Labute approximate surface area is 177 Å². The summed E-state index contributed by atoms with van der Waals surface area (Å²) in [7, 11) is 0. The number of aryl methyl sites for hydroxylation is 1. The third kappa shape index (κ3) is 6.13. The minimum absolute atomic E-state index is 0.0626. The molecule has 1 aromatic carbocycles. The smallest absolute Gasteiger partial charge is 0.332 e. The number of nitro groups is 1. The highest BCUT2D eigenvalue weighted by atomic mass is 16.6. The molecule has 5 N–H and O–H groups in total. The Kier molecular flexibility index (Phi) is 7.96. The summed E-state index contributed by atoms with van der Waals surface area (Å²) < 4.78 is 0. The number of hydrogen-bond acceptors (Lipinski definition) is 7. The molecule has 1 aliphatic rings. The monoisotopic (exact) mass is 412 g/mol. The second-order valence-corrected chi connectivity index (χ2v) is 8.18. The van der Waals surface area contributed by atoms with E-state index < -0.39 is 4.92 Å². The van der Waals surface area contributed by atoms with Gasteiger partial charge in [-0.3, -0.25) is 10.1 Å². The van der Waals surface area contributed by atoms with E-state index in [9.17, 15) is 10.1 Å². The standard InChI is InChI=1S/C22H32N6O2/c23-15-18-11-9-17(10-12-18)14-19-20(28(29)30)21(24)27-22(26-19)25-13-5-4-8-16-6-2-1-3-7-16/h1-3,6-7,17-18H,4-5,8-15,23H2,(H3,24,25,26,27). The molecule has 0 saturated heterocycles. The van der Waals surface area contributed by atoms with Crippen molar-refractivity contribution in [3.63, 3.8) is 0 Å². The molecule has 1 heterocycles. The molecule has 0 aliphatic heterocycles. The molecule has 1 aromatic heterocycles. The topological polar surface area (TPSA) is 133 Å².